The van der Waals surface area contributed by atoms with E-state index < -0.39 is 0 Å². The smallest absolute Gasteiger partial charge is 0.0320 e. The molecule has 0 aromatic carbocycles. The molecule has 0 spiro atoms. The molecule has 0 amide bonds. The van der Waals surface area contributed by atoms with Crippen LogP contribution in [0.1, 0.15) is 46.0 Å². The molecule has 0 bridgehead atoms. The predicted molar refractivity (Wildman–Crippen MR) is 47.9 cm³/mol. The molecule has 0 aliphatic rings. The van der Waals surface area contributed by atoms with Crippen molar-refractivity contribution in [3.05, 3.63) is 18.6 Å². The molecule has 0 unspecified atom stereocenters. The fraction of sp³-hybridized carbons (Fsp3) is 0.700. The number of hydrogen-bond donors (Lipinski definition) is 0. The summed E-state index contributed by atoms with van der Waals surface area (Å²) in [5.74, 6) is 0. The van der Waals surface area contributed by atoms with Gasteiger partial charge in [0.25, 0.3) is 0 Å². The molecule has 0 aliphatic heterocycles. The summed E-state index contributed by atoms with van der Waals surface area (Å²) in [7, 11) is 0. The first-order valence-corrected chi connectivity index (χ1v) is 4.28. The summed E-state index contributed by atoms with van der Waals surface area (Å²) in [4.78, 5) is 0. The molecule has 0 rings (SSSR count). The third-order valence-electron chi connectivity index (χ3n) is 1.73. The second-order valence-electron chi connectivity index (χ2n) is 2.65. The van der Waals surface area contributed by atoms with Crippen molar-refractivity contribution in [2.45, 2.75) is 46.0 Å². The second kappa shape index (κ2) is 6.85. The normalized spacial score (nSPS) is 12.1. The molecule has 0 atom stereocenters. The maximum Gasteiger partial charge on any atom is -0.0320 e. The number of unbranched alkanes of at least 4 members (excludes halogenated alkanes) is 1. The zero-order valence-corrected chi connectivity index (χ0v) is 7.32. The molecule has 0 aromatic heterocycles. The van der Waals surface area contributed by atoms with E-state index in [2.05, 4.69) is 26.8 Å². The Hall–Kier alpha value is -0.260. The summed E-state index contributed by atoms with van der Waals surface area (Å²) >= 11 is 0. The van der Waals surface area contributed by atoms with E-state index in [0.29, 0.717) is 0 Å². The molecule has 0 fully saturated rings. The lowest BCUT2D eigenvalue weighted by atomic mass is 10.0. The molecule has 1 radical (unpaired) electrons. The van der Waals surface area contributed by atoms with Crippen LogP contribution in [0.4, 0.5) is 0 Å². The van der Waals surface area contributed by atoms with Gasteiger partial charge in [-0.05, 0) is 26.2 Å². The van der Waals surface area contributed by atoms with Gasteiger partial charge in [0.2, 0.25) is 0 Å². The molecule has 0 saturated heterocycles. The molecule has 0 N–H and O–H groups in total. The SMILES string of the molecule is [CH2]CCCC(=CC)CCC. The van der Waals surface area contributed by atoms with Crippen molar-refractivity contribution in [1.82, 2.24) is 0 Å². The highest BCUT2D eigenvalue weighted by Gasteiger charge is 1.92. The zero-order valence-electron chi connectivity index (χ0n) is 7.32. The summed E-state index contributed by atoms with van der Waals surface area (Å²) < 4.78 is 0. The summed E-state index contributed by atoms with van der Waals surface area (Å²) in [6.07, 6.45) is 8.38. The van der Waals surface area contributed by atoms with E-state index in [0.717, 1.165) is 6.42 Å². The van der Waals surface area contributed by atoms with Crippen molar-refractivity contribution < 1.29 is 0 Å². The lowest BCUT2D eigenvalue weighted by molar-refractivity contribution is 0.766. The van der Waals surface area contributed by atoms with Crippen molar-refractivity contribution in [2.75, 3.05) is 0 Å². The topological polar surface area (TPSA) is 0 Å². The van der Waals surface area contributed by atoms with Gasteiger partial charge in [0, 0.05) is 0 Å². The Bertz CT molecular complexity index is 90.2. The van der Waals surface area contributed by atoms with Gasteiger partial charge >= 0.3 is 0 Å². The van der Waals surface area contributed by atoms with Crippen LogP contribution in [0.15, 0.2) is 11.6 Å². The third-order valence-corrected chi connectivity index (χ3v) is 1.73. The Morgan fingerprint density at radius 3 is 2.50 bits per heavy atom. The maximum absolute atomic E-state index is 3.82. The maximum atomic E-state index is 3.82. The van der Waals surface area contributed by atoms with Gasteiger partial charge in [0.15, 0.2) is 0 Å². The largest absolute Gasteiger partial charge is 0.0885 e. The van der Waals surface area contributed by atoms with E-state index in [1.54, 1.807) is 5.57 Å². The van der Waals surface area contributed by atoms with Crippen LogP contribution >= 0.6 is 0 Å². The predicted octanol–water partition coefficient (Wildman–Crippen LogP) is 3.74. The van der Waals surface area contributed by atoms with Gasteiger partial charge in [-0.1, -0.05) is 38.3 Å². The fourth-order valence-corrected chi connectivity index (χ4v) is 1.09. The average Bonchev–Trinajstić information content (AvgIpc) is 1.98. The van der Waals surface area contributed by atoms with Crippen LogP contribution in [0.3, 0.4) is 0 Å². The molecule has 0 heterocycles. The molecule has 0 saturated carbocycles. The second-order valence-corrected chi connectivity index (χ2v) is 2.65. The minimum atomic E-state index is 1.07. The Labute approximate surface area is 65.3 Å². The van der Waals surface area contributed by atoms with Crippen LogP contribution in [0.5, 0.6) is 0 Å². The first kappa shape index (κ1) is 9.74. The zero-order chi connectivity index (χ0) is 7.82. The fourth-order valence-electron chi connectivity index (χ4n) is 1.09. The minimum Gasteiger partial charge on any atom is -0.0885 e. The van der Waals surface area contributed by atoms with Crippen LogP contribution in [0.2, 0.25) is 0 Å². The lowest BCUT2D eigenvalue weighted by Crippen LogP contribution is -1.82. The highest BCUT2D eigenvalue weighted by atomic mass is 14.0. The highest BCUT2D eigenvalue weighted by molar-refractivity contribution is 4.99. The van der Waals surface area contributed by atoms with Crippen molar-refractivity contribution >= 4 is 0 Å². The highest BCUT2D eigenvalue weighted by Crippen LogP contribution is 2.12. The van der Waals surface area contributed by atoms with E-state index in [-0.39, 0.29) is 0 Å². The lowest BCUT2D eigenvalue weighted by Gasteiger charge is -2.02. The van der Waals surface area contributed by atoms with Crippen LogP contribution in [-0.2, 0) is 0 Å². The molecule has 0 aromatic rings. The van der Waals surface area contributed by atoms with E-state index >= 15 is 0 Å². The van der Waals surface area contributed by atoms with E-state index in [9.17, 15) is 0 Å². The van der Waals surface area contributed by atoms with E-state index in [1.807, 2.05) is 0 Å². The standard InChI is InChI=1S/C10H19/c1-4-7-9-10(6-3)8-5-2/h6H,1,4-5,7-9H2,2-3H3. The van der Waals surface area contributed by atoms with Crippen LogP contribution < -0.4 is 0 Å². The van der Waals surface area contributed by atoms with Gasteiger partial charge in [-0.3, -0.25) is 0 Å². The first-order valence-electron chi connectivity index (χ1n) is 4.28. The Morgan fingerprint density at radius 1 is 1.40 bits per heavy atom. The molecular weight excluding hydrogens is 120 g/mol. The van der Waals surface area contributed by atoms with Crippen LogP contribution in [0.25, 0.3) is 0 Å². The van der Waals surface area contributed by atoms with Gasteiger partial charge < -0.3 is 0 Å². The first-order chi connectivity index (χ1) is 4.85. The molecule has 0 aliphatic carbocycles. The monoisotopic (exact) mass is 139 g/mol. The van der Waals surface area contributed by atoms with Gasteiger partial charge in [-0.15, -0.1) is 0 Å². The number of hydrogen-bond acceptors (Lipinski definition) is 0. The quantitative estimate of drug-likeness (QED) is 0.509. The van der Waals surface area contributed by atoms with Crippen LogP contribution in [-0.4, -0.2) is 0 Å². The Kier molecular flexibility index (Phi) is 6.68. The summed E-state index contributed by atoms with van der Waals surface area (Å²) in [5.41, 5.74) is 1.60. The third kappa shape index (κ3) is 4.60. The molecule has 0 heteroatoms. The number of rotatable bonds is 5. The minimum absolute atomic E-state index is 1.07. The molecule has 0 nitrogen and oxygen atoms in total. The van der Waals surface area contributed by atoms with Gasteiger partial charge in [-0.2, -0.15) is 0 Å². The number of allylic oxidation sites excluding steroid dienone is 2. The Balaban J connectivity index is 3.41. The molecule has 10 heavy (non-hydrogen) atoms. The molecular formula is C10H19. The van der Waals surface area contributed by atoms with Gasteiger partial charge in [0.05, 0.1) is 0 Å². The summed E-state index contributed by atoms with van der Waals surface area (Å²) in [5, 5.41) is 0. The van der Waals surface area contributed by atoms with Crippen molar-refractivity contribution in [3.8, 4) is 0 Å². The average molecular weight is 139 g/mol. The van der Waals surface area contributed by atoms with Crippen LogP contribution in [0, 0.1) is 6.92 Å². The summed E-state index contributed by atoms with van der Waals surface area (Å²) in [6, 6.07) is 0. The van der Waals surface area contributed by atoms with E-state index in [1.165, 1.54) is 25.7 Å². The molecule has 59 valence electrons. The van der Waals surface area contributed by atoms with Gasteiger partial charge in [0.1, 0.15) is 0 Å². The Morgan fingerprint density at radius 2 is 2.10 bits per heavy atom. The van der Waals surface area contributed by atoms with Crippen molar-refractivity contribution in [2.24, 2.45) is 0 Å². The van der Waals surface area contributed by atoms with Crippen molar-refractivity contribution in [1.29, 1.82) is 0 Å². The van der Waals surface area contributed by atoms with Crippen molar-refractivity contribution in [3.63, 3.8) is 0 Å². The summed E-state index contributed by atoms with van der Waals surface area (Å²) in [6.45, 7) is 8.19. The van der Waals surface area contributed by atoms with Gasteiger partial charge in [-0.25, -0.2) is 0 Å². The van der Waals surface area contributed by atoms with E-state index in [4.69, 9.17) is 0 Å².